The third-order valence-electron chi connectivity index (χ3n) is 3.48. The molecule has 0 saturated heterocycles. The third-order valence-corrected chi connectivity index (χ3v) is 3.48. The highest BCUT2D eigenvalue weighted by molar-refractivity contribution is 6.02. The van der Waals surface area contributed by atoms with Crippen LogP contribution in [-0.4, -0.2) is 16.6 Å². The molecule has 1 N–H and O–H groups in total. The maximum absolute atomic E-state index is 12.5. The first-order valence-electron chi connectivity index (χ1n) is 6.76. The Bertz CT molecular complexity index is 749. The summed E-state index contributed by atoms with van der Waals surface area (Å²) in [4.78, 5) is 24.3. The molecule has 1 aromatic heterocycles. The number of aromatic nitrogens is 1. The van der Waals surface area contributed by atoms with E-state index in [1.807, 2.05) is 31.2 Å². The van der Waals surface area contributed by atoms with Crippen LogP contribution in [0.15, 0.2) is 29.1 Å². The molecule has 20 heavy (non-hydrogen) atoms. The van der Waals surface area contributed by atoms with Gasteiger partial charge in [-0.1, -0.05) is 19.1 Å². The van der Waals surface area contributed by atoms with Crippen LogP contribution in [0, 0.1) is 0 Å². The van der Waals surface area contributed by atoms with Crippen molar-refractivity contribution in [3.8, 4) is 5.75 Å². The number of hydrogen-bond donors (Lipinski definition) is 1. The Morgan fingerprint density at radius 1 is 1.30 bits per heavy atom. The number of aryl methyl sites for hydroxylation is 1. The summed E-state index contributed by atoms with van der Waals surface area (Å²) in [5.74, 6) is 0.193. The zero-order valence-corrected chi connectivity index (χ0v) is 11.5. The van der Waals surface area contributed by atoms with E-state index in [1.54, 1.807) is 11.5 Å². The highest BCUT2D eigenvalue weighted by Gasteiger charge is 2.28. The Labute approximate surface area is 116 Å². The van der Waals surface area contributed by atoms with Crippen molar-refractivity contribution < 1.29 is 9.53 Å². The van der Waals surface area contributed by atoms with Crippen molar-refractivity contribution in [2.75, 3.05) is 5.32 Å². The SMILES string of the molecule is CCCn1c(=O)c2c(c3ccccc31)O[C@H](C)C(=O)N2. The number of nitrogens with one attached hydrogen (secondary N) is 1. The second-order valence-electron chi connectivity index (χ2n) is 4.93. The highest BCUT2D eigenvalue weighted by Crippen LogP contribution is 2.34. The highest BCUT2D eigenvalue weighted by atomic mass is 16.5. The molecule has 0 fully saturated rings. The molecule has 2 heterocycles. The molecule has 0 aliphatic carbocycles. The number of fused-ring (bicyclic) bond motifs is 3. The van der Waals surface area contributed by atoms with Gasteiger partial charge in [-0.3, -0.25) is 9.59 Å². The number of pyridine rings is 1. The van der Waals surface area contributed by atoms with Gasteiger partial charge in [0.1, 0.15) is 0 Å². The van der Waals surface area contributed by atoms with E-state index in [1.165, 1.54) is 0 Å². The van der Waals surface area contributed by atoms with Gasteiger partial charge < -0.3 is 14.6 Å². The summed E-state index contributed by atoms with van der Waals surface area (Å²) in [6.45, 7) is 4.29. The first kappa shape index (κ1) is 12.7. The number of carbonyl (C=O) groups is 1. The van der Waals surface area contributed by atoms with E-state index in [4.69, 9.17) is 4.74 Å². The molecule has 5 nitrogen and oxygen atoms in total. The lowest BCUT2D eigenvalue weighted by atomic mass is 10.1. The van der Waals surface area contributed by atoms with E-state index < -0.39 is 6.10 Å². The quantitative estimate of drug-likeness (QED) is 0.911. The molecule has 1 aromatic carbocycles. The van der Waals surface area contributed by atoms with E-state index in [9.17, 15) is 9.59 Å². The van der Waals surface area contributed by atoms with Crippen LogP contribution in [0.3, 0.4) is 0 Å². The Hall–Kier alpha value is -2.30. The fourth-order valence-electron chi connectivity index (χ4n) is 2.51. The summed E-state index contributed by atoms with van der Waals surface area (Å²) in [6, 6.07) is 7.60. The summed E-state index contributed by atoms with van der Waals surface area (Å²) in [5, 5.41) is 3.52. The number of carbonyl (C=O) groups excluding carboxylic acids is 1. The molecule has 3 rings (SSSR count). The molecule has 0 bridgehead atoms. The molecular weight excluding hydrogens is 256 g/mol. The van der Waals surface area contributed by atoms with Crippen LogP contribution in [0.4, 0.5) is 5.69 Å². The second-order valence-corrected chi connectivity index (χ2v) is 4.93. The van der Waals surface area contributed by atoms with Crippen molar-refractivity contribution in [2.45, 2.75) is 32.9 Å². The minimum Gasteiger partial charge on any atom is -0.478 e. The van der Waals surface area contributed by atoms with Crippen molar-refractivity contribution in [2.24, 2.45) is 0 Å². The Balaban J connectivity index is 2.37. The van der Waals surface area contributed by atoms with Crippen LogP contribution in [-0.2, 0) is 11.3 Å². The molecule has 0 unspecified atom stereocenters. The number of rotatable bonds is 2. The van der Waals surface area contributed by atoms with Gasteiger partial charge in [-0.2, -0.15) is 0 Å². The van der Waals surface area contributed by atoms with Crippen LogP contribution >= 0.6 is 0 Å². The van der Waals surface area contributed by atoms with E-state index in [0.717, 1.165) is 17.3 Å². The number of para-hydroxylation sites is 1. The fourth-order valence-corrected chi connectivity index (χ4v) is 2.51. The minimum absolute atomic E-state index is 0.208. The summed E-state index contributed by atoms with van der Waals surface area (Å²) in [6.07, 6.45) is 0.251. The zero-order valence-electron chi connectivity index (χ0n) is 11.5. The fraction of sp³-hybridized carbons (Fsp3) is 0.333. The summed E-state index contributed by atoms with van der Waals surface area (Å²) >= 11 is 0. The Morgan fingerprint density at radius 3 is 2.80 bits per heavy atom. The topological polar surface area (TPSA) is 60.3 Å². The second kappa shape index (κ2) is 4.67. The lowest BCUT2D eigenvalue weighted by Crippen LogP contribution is -2.39. The maximum atomic E-state index is 12.5. The summed E-state index contributed by atoms with van der Waals surface area (Å²) < 4.78 is 7.33. The molecule has 2 aromatic rings. The Morgan fingerprint density at radius 2 is 2.05 bits per heavy atom. The minimum atomic E-state index is -0.590. The molecule has 0 saturated carbocycles. The molecule has 0 radical (unpaired) electrons. The monoisotopic (exact) mass is 272 g/mol. The van der Waals surface area contributed by atoms with Gasteiger partial charge in [-0.25, -0.2) is 0 Å². The van der Waals surface area contributed by atoms with Gasteiger partial charge in [0.15, 0.2) is 17.5 Å². The van der Waals surface area contributed by atoms with E-state index in [2.05, 4.69) is 5.32 Å². The Kier molecular flexibility index (Phi) is 2.97. The van der Waals surface area contributed by atoms with E-state index in [-0.39, 0.29) is 17.2 Å². The number of ether oxygens (including phenoxy) is 1. The third kappa shape index (κ3) is 1.78. The predicted molar refractivity (Wildman–Crippen MR) is 77.2 cm³/mol. The number of amides is 1. The zero-order chi connectivity index (χ0) is 14.3. The standard InChI is InChI=1S/C15H16N2O3/c1-3-8-17-11-7-5-4-6-10(11)13-12(15(17)19)16-14(18)9(2)20-13/h4-7,9H,3,8H2,1-2H3,(H,16,18)/t9-/m1/s1. The van der Waals surface area contributed by atoms with Crippen molar-refractivity contribution in [3.05, 3.63) is 34.6 Å². The molecule has 0 spiro atoms. The van der Waals surface area contributed by atoms with Crippen LogP contribution in [0.5, 0.6) is 5.75 Å². The van der Waals surface area contributed by atoms with Crippen LogP contribution in [0.1, 0.15) is 20.3 Å². The van der Waals surface area contributed by atoms with Crippen molar-refractivity contribution in [3.63, 3.8) is 0 Å². The molecule has 1 amide bonds. The molecule has 5 heteroatoms. The first-order valence-corrected chi connectivity index (χ1v) is 6.76. The maximum Gasteiger partial charge on any atom is 0.278 e. The normalized spacial score (nSPS) is 17.5. The molecular formula is C15H16N2O3. The smallest absolute Gasteiger partial charge is 0.278 e. The van der Waals surface area contributed by atoms with Gasteiger partial charge >= 0.3 is 0 Å². The average Bonchev–Trinajstić information content (AvgIpc) is 2.45. The largest absolute Gasteiger partial charge is 0.478 e. The number of anilines is 1. The van der Waals surface area contributed by atoms with Crippen molar-refractivity contribution in [1.82, 2.24) is 4.57 Å². The van der Waals surface area contributed by atoms with Gasteiger partial charge in [-0.05, 0) is 25.5 Å². The van der Waals surface area contributed by atoms with Gasteiger partial charge in [0, 0.05) is 11.9 Å². The van der Waals surface area contributed by atoms with E-state index >= 15 is 0 Å². The van der Waals surface area contributed by atoms with Gasteiger partial charge in [-0.15, -0.1) is 0 Å². The van der Waals surface area contributed by atoms with Crippen LogP contribution in [0.2, 0.25) is 0 Å². The van der Waals surface area contributed by atoms with Gasteiger partial charge in [0.05, 0.1) is 5.52 Å². The summed E-state index contributed by atoms with van der Waals surface area (Å²) in [5.41, 5.74) is 0.877. The lowest BCUT2D eigenvalue weighted by molar-refractivity contribution is -0.122. The van der Waals surface area contributed by atoms with Crippen molar-refractivity contribution >= 4 is 22.5 Å². The van der Waals surface area contributed by atoms with Gasteiger partial charge in [0.2, 0.25) is 0 Å². The van der Waals surface area contributed by atoms with Crippen LogP contribution < -0.4 is 15.6 Å². The molecule has 1 atom stereocenters. The van der Waals surface area contributed by atoms with Crippen molar-refractivity contribution in [1.29, 1.82) is 0 Å². The van der Waals surface area contributed by atoms with Gasteiger partial charge in [0.25, 0.3) is 11.5 Å². The molecule has 1 aliphatic rings. The number of hydrogen-bond acceptors (Lipinski definition) is 3. The number of benzene rings is 1. The average molecular weight is 272 g/mol. The van der Waals surface area contributed by atoms with E-state index in [0.29, 0.717) is 12.3 Å². The molecule has 104 valence electrons. The van der Waals surface area contributed by atoms with Crippen LogP contribution in [0.25, 0.3) is 10.9 Å². The summed E-state index contributed by atoms with van der Waals surface area (Å²) in [7, 11) is 0. The number of nitrogens with zero attached hydrogens (tertiary/aromatic N) is 1. The lowest BCUT2D eigenvalue weighted by Gasteiger charge is -2.25. The first-order chi connectivity index (χ1) is 9.63. The molecule has 1 aliphatic heterocycles. The predicted octanol–water partition coefficient (Wildman–Crippen LogP) is 2.13.